The van der Waals surface area contributed by atoms with Gasteiger partial charge < -0.3 is 44.5 Å². The lowest BCUT2D eigenvalue weighted by Crippen LogP contribution is -2.63. The molecule has 23 heteroatoms. The largest absolute Gasteiger partial charge is 0.487 e. The quantitative estimate of drug-likeness (QED) is 0.111. The van der Waals surface area contributed by atoms with E-state index in [0.717, 1.165) is 44.6 Å². The molecule has 5 N–H and O–H groups in total. The number of aliphatic hydroxyl groups excluding tert-OH is 2. The highest BCUT2D eigenvalue weighted by Crippen LogP contribution is 2.70. The van der Waals surface area contributed by atoms with Crippen molar-refractivity contribution in [3.8, 4) is 11.5 Å². The zero-order valence-electron chi connectivity index (χ0n) is 48.3. The summed E-state index contributed by atoms with van der Waals surface area (Å²) in [5.74, 6) is -4.42. The summed E-state index contributed by atoms with van der Waals surface area (Å²) in [6.07, 6.45) is 9.95. The van der Waals surface area contributed by atoms with Crippen molar-refractivity contribution in [1.82, 2.24) is 9.66 Å². The first-order valence-electron chi connectivity index (χ1n) is 28.6. The van der Waals surface area contributed by atoms with Crippen LogP contribution in [0.1, 0.15) is 131 Å². The van der Waals surface area contributed by atoms with Gasteiger partial charge >= 0.3 is 26.0 Å². The Morgan fingerprint density at radius 3 is 1.59 bits per heavy atom. The molecule has 2 aromatic carbocycles. The Bertz CT molecular complexity index is 3120. The number of sulfonamides is 1. The second kappa shape index (κ2) is 21.9. The van der Waals surface area contributed by atoms with Crippen LogP contribution in [0.5, 0.6) is 11.5 Å². The predicted molar refractivity (Wildman–Crippen MR) is 303 cm³/mol. The van der Waals surface area contributed by atoms with Gasteiger partial charge in [0.25, 0.3) is 0 Å². The smallest absolute Gasteiger partial charge is 0.479 e. The van der Waals surface area contributed by atoms with Crippen molar-refractivity contribution in [2.75, 3.05) is 19.5 Å². The molecule has 8 aliphatic rings. The lowest BCUT2D eigenvalue weighted by atomic mass is 9.44. The number of esters is 2. The second-order valence-corrected chi connectivity index (χ2v) is 27.8. The number of benzene rings is 2. The highest BCUT2D eigenvalue weighted by atomic mass is 32.2. The third-order valence-corrected chi connectivity index (χ3v) is 23.0. The Morgan fingerprint density at radius 2 is 1.16 bits per heavy atom. The minimum atomic E-state index is -3.99. The zero-order chi connectivity index (χ0) is 60.0. The first-order valence-corrected chi connectivity index (χ1v) is 30.4. The molecule has 0 unspecified atom stereocenters. The molecule has 444 valence electrons. The van der Waals surface area contributed by atoms with Crippen LogP contribution in [0.2, 0.25) is 0 Å². The Balaban J connectivity index is 0.000000198. The summed E-state index contributed by atoms with van der Waals surface area (Å²) >= 11 is 0. The normalized spacial score (nSPS) is 38.1. The van der Waals surface area contributed by atoms with E-state index in [1.165, 1.54) is 24.4 Å². The van der Waals surface area contributed by atoms with Crippen molar-refractivity contribution in [2.24, 2.45) is 78.2 Å². The molecule has 0 amide bonds. The first kappa shape index (κ1) is 61.1. The molecule has 0 radical (unpaired) electrons. The Hall–Kier alpha value is -5.48. The maximum absolute atomic E-state index is 15.5. The van der Waals surface area contributed by atoms with E-state index in [0.29, 0.717) is 35.6 Å². The molecule has 2 aliphatic heterocycles. The number of rotatable bonds is 11. The SMILES string of the molecule is C=C[C@]1(C)C[C@@H](OC(=O)COc2ccc3c(c2F)B(O)N(S(C)(=O)=O)N=C3)[C@]2(C)[C@H](C)CC[C@]3(CCC(=O)[C@H]32)[C@@H](C)[C@@H]1O.C=C[C@]1(C)C[C@@H](OC(=O)COc2ccc3c(c2F)B(O)NN=C3)[C@]2(C)[C@H](C)CC[C@]3(CCC(=O)[C@H]32)[C@@H](C)[C@@H]1O. The Kier molecular flexibility index (Phi) is 16.3. The van der Waals surface area contributed by atoms with Gasteiger partial charge in [0.1, 0.15) is 23.8 Å². The summed E-state index contributed by atoms with van der Waals surface area (Å²) in [4.78, 5) is 53.6. The van der Waals surface area contributed by atoms with Crippen LogP contribution in [0.15, 0.2) is 59.8 Å². The number of nitrogens with zero attached hydrogens (tertiary/aromatic N) is 3. The van der Waals surface area contributed by atoms with Gasteiger partial charge in [0.05, 0.1) is 30.9 Å². The molecule has 0 spiro atoms. The van der Waals surface area contributed by atoms with Gasteiger partial charge in [-0.15, -0.1) is 13.2 Å². The van der Waals surface area contributed by atoms with Gasteiger partial charge in [-0.25, -0.2) is 31.1 Å². The van der Waals surface area contributed by atoms with Gasteiger partial charge in [0.2, 0.25) is 10.0 Å². The summed E-state index contributed by atoms with van der Waals surface area (Å²) in [6.45, 7) is 23.0. The van der Waals surface area contributed by atoms with E-state index in [4.69, 9.17) is 18.9 Å². The Labute approximate surface area is 479 Å². The van der Waals surface area contributed by atoms with Gasteiger partial charge in [-0.3, -0.25) is 9.59 Å². The summed E-state index contributed by atoms with van der Waals surface area (Å²) in [5, 5.41) is 53.7. The van der Waals surface area contributed by atoms with Gasteiger partial charge in [-0.2, -0.15) is 10.2 Å². The van der Waals surface area contributed by atoms with Crippen LogP contribution in [0.25, 0.3) is 0 Å². The minimum Gasteiger partial charge on any atom is -0.479 e. The number of hydrogen-bond donors (Lipinski definition) is 5. The summed E-state index contributed by atoms with van der Waals surface area (Å²) in [7, 11) is -7.24. The van der Waals surface area contributed by atoms with Crippen molar-refractivity contribution < 1.29 is 75.6 Å². The number of carbonyl (C=O) groups excluding carboxylic acids is 4. The number of Topliss-reactive ketones (excluding diaryl/α,β-unsaturated/α-hetero) is 2. The maximum Gasteiger partial charge on any atom is 0.487 e. The summed E-state index contributed by atoms with van der Waals surface area (Å²) < 4.78 is 78.2. The molecule has 4 bridgehead atoms. The van der Waals surface area contributed by atoms with Crippen LogP contribution >= 0.6 is 0 Å². The van der Waals surface area contributed by atoms with Gasteiger partial charge in [-0.05, 0) is 121 Å². The van der Waals surface area contributed by atoms with Crippen LogP contribution < -0.4 is 25.7 Å². The number of hydrazone groups is 2. The summed E-state index contributed by atoms with van der Waals surface area (Å²) in [5.41, 5.74) is -3.49. The van der Waals surface area contributed by atoms with E-state index >= 15 is 8.78 Å². The molecule has 6 fully saturated rings. The van der Waals surface area contributed by atoms with Crippen molar-refractivity contribution in [3.05, 3.63) is 72.3 Å². The number of ketones is 2. The lowest BCUT2D eigenvalue weighted by molar-refractivity contribution is -0.207. The van der Waals surface area contributed by atoms with Crippen LogP contribution in [0.4, 0.5) is 8.78 Å². The molecule has 2 heterocycles. The van der Waals surface area contributed by atoms with E-state index in [9.17, 15) is 47.9 Å². The molecule has 82 heavy (non-hydrogen) atoms. The maximum atomic E-state index is 15.5. The highest BCUT2D eigenvalue weighted by molar-refractivity contribution is 7.89. The van der Waals surface area contributed by atoms with Gasteiger partial charge in [0, 0.05) is 57.3 Å². The number of nitrogens with one attached hydrogen (secondary N) is 1. The number of hydrogen-bond acceptors (Lipinski definition) is 17. The fraction of sp³-hybridized carbons (Fsp3) is 0.627. The number of fused-ring (bicyclic) bond motifs is 2. The monoisotopic (exact) mass is 1160 g/mol. The average molecular weight is 1160 g/mol. The third kappa shape index (κ3) is 9.72. The molecule has 18 nitrogen and oxygen atoms in total. The van der Waals surface area contributed by atoms with Crippen LogP contribution in [-0.2, 0) is 38.7 Å². The topological polar surface area (TPSA) is 260 Å². The molecule has 2 aromatic rings. The van der Waals surface area contributed by atoms with E-state index in [-0.39, 0.29) is 86.9 Å². The molecule has 16 atom stereocenters. The van der Waals surface area contributed by atoms with E-state index in [2.05, 4.69) is 56.4 Å². The minimum absolute atomic E-state index is 0.0135. The molecule has 6 aliphatic carbocycles. The standard InChI is InChI=1S/C30H40BFN2O8S.C29H38BFN2O6/c1-7-28(4)14-22(29(5)17(2)10-12-30(18(3)27(28)37)13-11-20(35)26(29)30)42-23(36)16-41-21-9-8-19-15-33-34(43(6,39)40)31(38)24(19)25(21)32;1-6-27(4)13-21(28(5)16(2)9-11-29(17(3)26(27)36)12-10-19(34)25(28)29)39-22(35)15-38-20-8-7-18-14-32-33-30(37)23(18)24(20)31/h7-9,15,17-18,22,26-27,37-38H,1,10-14,16H2,2-6H3;6-8,14,16-17,21,25-26,33,36-37H,1,9-13,15H2,2-5H3/t17-,18+,22-,26+,27+,28-,29+,30+;16-,17+,21-,25+,26+,27-,28+,29+/m11/s1. The lowest BCUT2D eigenvalue weighted by Gasteiger charge is -2.61. The van der Waals surface area contributed by atoms with Crippen molar-refractivity contribution in [2.45, 2.75) is 144 Å². The predicted octanol–water partition coefficient (Wildman–Crippen LogP) is 5.14. The fourth-order valence-electron chi connectivity index (χ4n) is 16.6. The molecule has 0 aromatic heterocycles. The average Bonchev–Trinajstić information content (AvgIpc) is 2.26. The Morgan fingerprint density at radius 1 is 0.732 bits per heavy atom. The van der Waals surface area contributed by atoms with Crippen molar-refractivity contribution in [1.29, 1.82) is 0 Å². The third-order valence-electron chi connectivity index (χ3n) is 22.0. The zero-order valence-corrected chi connectivity index (χ0v) is 49.1. The molecular weight excluding hydrogens is 1080 g/mol. The van der Waals surface area contributed by atoms with Crippen molar-refractivity contribution in [3.63, 3.8) is 0 Å². The number of carbonyl (C=O) groups is 4. The highest BCUT2D eigenvalue weighted by Gasteiger charge is 2.70. The molecule has 10 rings (SSSR count). The van der Waals surface area contributed by atoms with Gasteiger partial charge in [-0.1, -0.05) is 67.5 Å². The first-order chi connectivity index (χ1) is 38.4. The number of halogens is 2. The van der Waals surface area contributed by atoms with Crippen molar-refractivity contribution >= 4 is 71.0 Å². The van der Waals surface area contributed by atoms with Crippen LogP contribution in [0, 0.1) is 79.6 Å². The molecular formula is C59H78B2F2N4O14S. The van der Waals surface area contributed by atoms with E-state index in [1.807, 2.05) is 27.7 Å². The number of aliphatic hydroxyl groups is 2. The fourth-order valence-corrected chi connectivity index (χ4v) is 17.3. The van der Waals surface area contributed by atoms with E-state index < -0.39 is 112 Å². The molecule has 6 saturated carbocycles. The second-order valence-electron chi connectivity index (χ2n) is 25.9. The van der Waals surface area contributed by atoms with Crippen LogP contribution in [-0.4, -0.2) is 127 Å². The number of ether oxygens (including phenoxy) is 4. The van der Waals surface area contributed by atoms with E-state index in [1.54, 1.807) is 18.2 Å². The molecule has 0 saturated heterocycles. The van der Waals surface area contributed by atoms with Crippen LogP contribution in [0.3, 0.4) is 0 Å². The van der Waals surface area contributed by atoms with Gasteiger partial charge in [0.15, 0.2) is 36.3 Å². The summed E-state index contributed by atoms with van der Waals surface area (Å²) in [6, 6.07) is 5.59.